The van der Waals surface area contributed by atoms with E-state index in [2.05, 4.69) is 155 Å². The van der Waals surface area contributed by atoms with E-state index < -0.39 is 0 Å². The topological polar surface area (TPSA) is 60.5 Å². The van der Waals surface area contributed by atoms with Crippen LogP contribution in [0.15, 0.2) is 161 Å². The molecule has 2 aliphatic heterocycles. The van der Waals surface area contributed by atoms with Crippen LogP contribution in [0.3, 0.4) is 0 Å². The summed E-state index contributed by atoms with van der Waals surface area (Å²) in [7, 11) is 0. The number of hydrogen-bond donors (Lipinski definition) is 4. The minimum Gasteiger partial charge on any atom is -0.372 e. The smallest absolute Gasteiger partial charge is 0.129 e. The SMILES string of the molecule is C1=CCC(C2NC(C3C=C(C4=CC(C5=NC(c6ccccc6)NC(C6=CCCC=C6)N5)CCC4)C=CC3)=CC(c3ccccc3)N2)C=C1. The molecule has 48 heavy (non-hydrogen) atoms. The molecule has 7 atom stereocenters. The van der Waals surface area contributed by atoms with Gasteiger partial charge in [0.2, 0.25) is 0 Å². The predicted molar refractivity (Wildman–Crippen MR) is 198 cm³/mol. The predicted octanol–water partition coefficient (Wildman–Crippen LogP) is 8.38. The maximum Gasteiger partial charge on any atom is 0.129 e. The molecular weight excluding hydrogens is 587 g/mol. The summed E-state index contributed by atoms with van der Waals surface area (Å²) in [5, 5.41) is 15.5. The van der Waals surface area contributed by atoms with Gasteiger partial charge in [0.25, 0.3) is 0 Å². The molecule has 0 fully saturated rings. The first-order valence-corrected chi connectivity index (χ1v) is 18.0. The first kappa shape index (κ1) is 30.9. The summed E-state index contributed by atoms with van der Waals surface area (Å²) in [4.78, 5) is 5.30. The second-order valence-corrected chi connectivity index (χ2v) is 13.8. The highest BCUT2D eigenvalue weighted by atomic mass is 15.3. The third-order valence-corrected chi connectivity index (χ3v) is 10.5. The standard InChI is InChI=1S/C43H47N5/c1-5-15-30(16-6-1)38-29-39(45-40(44-38)31-17-7-2-8-18-31)36-25-13-23-34(27-36)35-24-14-26-37(28-35)43-47-41(32-19-9-3-10-20-32)46-42(48-43)33-21-11-4-12-22-33/h1-3,5-11,13,15-17,19-23,27-29,31,36-38,40-42,44-46H,4,12,14,18,24-26H2,(H,47,48). The quantitative estimate of drug-likeness (QED) is 0.247. The number of nitrogens with one attached hydrogen (secondary N) is 4. The molecule has 0 radical (unpaired) electrons. The van der Waals surface area contributed by atoms with Crippen LogP contribution in [0.2, 0.25) is 0 Å². The summed E-state index contributed by atoms with van der Waals surface area (Å²) in [6.07, 6.45) is 35.9. The largest absolute Gasteiger partial charge is 0.372 e. The number of allylic oxidation sites excluding steroid dienone is 10. The molecule has 0 bridgehead atoms. The van der Waals surface area contributed by atoms with Crippen molar-refractivity contribution in [2.75, 3.05) is 0 Å². The van der Waals surface area contributed by atoms with Crippen molar-refractivity contribution in [2.24, 2.45) is 22.7 Å². The average molecular weight is 634 g/mol. The van der Waals surface area contributed by atoms with Gasteiger partial charge < -0.3 is 10.6 Å². The number of nitrogens with zero attached hydrogens (tertiary/aromatic N) is 1. The van der Waals surface area contributed by atoms with Gasteiger partial charge in [-0.2, -0.15) is 0 Å². The van der Waals surface area contributed by atoms with Crippen LogP contribution >= 0.6 is 0 Å². The Morgan fingerprint density at radius 2 is 1.56 bits per heavy atom. The van der Waals surface area contributed by atoms with Crippen molar-refractivity contribution >= 4 is 5.84 Å². The highest BCUT2D eigenvalue weighted by Crippen LogP contribution is 2.36. The van der Waals surface area contributed by atoms with E-state index >= 15 is 0 Å². The Bertz CT molecular complexity index is 1740. The van der Waals surface area contributed by atoms with Crippen molar-refractivity contribution in [1.29, 1.82) is 0 Å². The van der Waals surface area contributed by atoms with Crippen LogP contribution in [-0.4, -0.2) is 18.2 Å². The first-order valence-electron chi connectivity index (χ1n) is 18.0. The summed E-state index contributed by atoms with van der Waals surface area (Å²) in [6, 6.07) is 21.7. The lowest BCUT2D eigenvalue weighted by Crippen LogP contribution is -2.53. The molecule has 2 aromatic rings. The number of rotatable bonds is 7. The number of aliphatic imine (C=N–C) groups is 1. The molecule has 0 saturated heterocycles. The lowest BCUT2D eigenvalue weighted by molar-refractivity contribution is 0.316. The molecule has 0 spiro atoms. The molecule has 0 aromatic heterocycles. The molecule has 7 unspecified atom stereocenters. The molecule has 2 aromatic carbocycles. The van der Waals surface area contributed by atoms with Crippen molar-refractivity contribution in [3.05, 3.63) is 167 Å². The van der Waals surface area contributed by atoms with Gasteiger partial charge in [0.15, 0.2) is 0 Å². The van der Waals surface area contributed by atoms with Gasteiger partial charge in [0.05, 0.1) is 12.2 Å². The Morgan fingerprint density at radius 3 is 2.35 bits per heavy atom. The van der Waals surface area contributed by atoms with E-state index in [-0.39, 0.29) is 30.5 Å². The van der Waals surface area contributed by atoms with E-state index in [0.717, 1.165) is 50.8 Å². The van der Waals surface area contributed by atoms with Crippen molar-refractivity contribution in [2.45, 2.75) is 69.5 Å². The van der Waals surface area contributed by atoms with Gasteiger partial charge >= 0.3 is 0 Å². The van der Waals surface area contributed by atoms with Gasteiger partial charge in [-0.1, -0.05) is 127 Å². The zero-order chi connectivity index (χ0) is 32.1. The minimum absolute atomic E-state index is 0.0501. The van der Waals surface area contributed by atoms with Crippen LogP contribution in [0.1, 0.15) is 68.3 Å². The molecule has 6 aliphatic rings. The van der Waals surface area contributed by atoms with Crippen molar-refractivity contribution in [3.8, 4) is 0 Å². The highest BCUT2D eigenvalue weighted by molar-refractivity contribution is 5.88. The molecule has 4 N–H and O–H groups in total. The van der Waals surface area contributed by atoms with Gasteiger partial charge in [0.1, 0.15) is 18.2 Å². The van der Waals surface area contributed by atoms with E-state index in [4.69, 9.17) is 4.99 Å². The van der Waals surface area contributed by atoms with Crippen molar-refractivity contribution < 1.29 is 0 Å². The summed E-state index contributed by atoms with van der Waals surface area (Å²) >= 11 is 0. The molecule has 2 heterocycles. The maximum atomic E-state index is 5.30. The first-order chi connectivity index (χ1) is 23.8. The molecule has 4 aliphatic carbocycles. The molecule has 8 rings (SSSR count). The summed E-state index contributed by atoms with van der Waals surface area (Å²) < 4.78 is 0. The normalized spacial score (nSPS) is 31.4. The third-order valence-electron chi connectivity index (χ3n) is 10.5. The van der Waals surface area contributed by atoms with Gasteiger partial charge in [-0.05, 0) is 78.9 Å². The van der Waals surface area contributed by atoms with Crippen molar-refractivity contribution in [1.82, 2.24) is 21.3 Å². The average Bonchev–Trinajstić information content (AvgIpc) is 3.19. The Hall–Kier alpha value is -4.45. The summed E-state index contributed by atoms with van der Waals surface area (Å²) in [5.74, 6) is 2.10. The second kappa shape index (κ2) is 14.3. The molecule has 5 nitrogen and oxygen atoms in total. The highest BCUT2D eigenvalue weighted by Gasteiger charge is 2.32. The molecular formula is C43H47N5. The van der Waals surface area contributed by atoms with Crippen LogP contribution < -0.4 is 21.3 Å². The maximum absolute atomic E-state index is 5.30. The Morgan fingerprint density at radius 1 is 0.708 bits per heavy atom. The van der Waals surface area contributed by atoms with Gasteiger partial charge in [0, 0.05) is 23.5 Å². The fraction of sp³-hybridized carbons (Fsp3) is 0.326. The van der Waals surface area contributed by atoms with E-state index in [9.17, 15) is 0 Å². The van der Waals surface area contributed by atoms with Crippen LogP contribution in [0, 0.1) is 17.8 Å². The van der Waals surface area contributed by atoms with Gasteiger partial charge in [-0.25, -0.2) is 4.99 Å². The zero-order valence-electron chi connectivity index (χ0n) is 27.6. The lowest BCUT2D eigenvalue weighted by Gasteiger charge is -2.39. The molecule has 5 heteroatoms. The van der Waals surface area contributed by atoms with Gasteiger partial charge in [-0.15, -0.1) is 0 Å². The van der Waals surface area contributed by atoms with Crippen LogP contribution in [0.4, 0.5) is 0 Å². The van der Waals surface area contributed by atoms with E-state index in [1.807, 2.05) is 0 Å². The fourth-order valence-electron chi connectivity index (χ4n) is 7.94. The summed E-state index contributed by atoms with van der Waals surface area (Å²) in [5.41, 5.74) is 7.98. The van der Waals surface area contributed by atoms with E-state index in [1.54, 1.807) is 0 Å². The molecule has 244 valence electrons. The second-order valence-electron chi connectivity index (χ2n) is 13.8. The monoisotopic (exact) mass is 633 g/mol. The van der Waals surface area contributed by atoms with Crippen LogP contribution in [0.25, 0.3) is 0 Å². The Balaban J connectivity index is 1.07. The third kappa shape index (κ3) is 6.89. The molecule has 0 saturated carbocycles. The summed E-state index contributed by atoms with van der Waals surface area (Å²) in [6.45, 7) is 0. The molecule has 0 amide bonds. The van der Waals surface area contributed by atoms with Crippen LogP contribution in [-0.2, 0) is 0 Å². The van der Waals surface area contributed by atoms with Crippen LogP contribution in [0.5, 0.6) is 0 Å². The lowest BCUT2D eigenvalue weighted by atomic mass is 9.81. The van der Waals surface area contributed by atoms with E-state index in [0.29, 0.717) is 11.8 Å². The Labute approximate surface area is 285 Å². The van der Waals surface area contributed by atoms with E-state index in [1.165, 1.54) is 33.5 Å². The zero-order valence-corrected chi connectivity index (χ0v) is 27.6. The minimum atomic E-state index is -0.0708. The fourth-order valence-corrected chi connectivity index (χ4v) is 7.94. The van der Waals surface area contributed by atoms with Gasteiger partial charge in [-0.3, -0.25) is 10.6 Å². The van der Waals surface area contributed by atoms with Crippen molar-refractivity contribution in [3.63, 3.8) is 0 Å². The number of amidine groups is 1. The number of benzene rings is 2. The Kier molecular flexibility index (Phi) is 9.22. The number of hydrogen-bond acceptors (Lipinski definition) is 5.